The summed E-state index contributed by atoms with van der Waals surface area (Å²) in [5, 5.41) is 12.6. The second kappa shape index (κ2) is 5.26. The maximum atomic E-state index is 9.95. The summed E-state index contributed by atoms with van der Waals surface area (Å²) in [5.74, 6) is 0. The van der Waals surface area contributed by atoms with Gasteiger partial charge in [-0.05, 0) is 11.6 Å². The lowest BCUT2D eigenvalue weighted by atomic mass is 10.3. The van der Waals surface area contributed by atoms with Crippen LogP contribution in [-0.4, -0.2) is 28.3 Å². The van der Waals surface area contributed by atoms with Crippen molar-refractivity contribution in [1.82, 2.24) is 9.88 Å². The van der Waals surface area contributed by atoms with Crippen LogP contribution in [0.4, 0.5) is 0 Å². The number of rotatable bonds is 4. The molecule has 15 heavy (non-hydrogen) atoms. The first-order valence-electron chi connectivity index (χ1n) is 4.07. The minimum Gasteiger partial charge on any atom is -0.356 e. The maximum absolute atomic E-state index is 9.95. The molecule has 7 heteroatoms. The number of hydrogen-bond donors (Lipinski definition) is 0. The molecule has 0 amide bonds. The van der Waals surface area contributed by atoms with E-state index in [2.05, 4.69) is 10.1 Å². The van der Waals surface area contributed by atoms with E-state index in [1.54, 1.807) is 30.3 Å². The molecule has 0 atom stereocenters. The monoisotopic (exact) mass is 228 g/mol. The summed E-state index contributed by atoms with van der Waals surface area (Å²) in [5.41, 5.74) is 0.900. The van der Waals surface area contributed by atoms with Crippen LogP contribution >= 0.6 is 11.6 Å². The van der Waals surface area contributed by atoms with E-state index in [0.29, 0.717) is 11.7 Å². The van der Waals surface area contributed by atoms with Gasteiger partial charge in [0.25, 0.3) is 0 Å². The number of pyridine rings is 1. The van der Waals surface area contributed by atoms with Crippen LogP contribution in [0.1, 0.15) is 5.56 Å². The van der Waals surface area contributed by atoms with E-state index >= 15 is 0 Å². The van der Waals surface area contributed by atoms with Gasteiger partial charge in [0.1, 0.15) is 5.15 Å². The number of halogens is 1. The molecule has 0 radical (unpaired) electrons. The van der Waals surface area contributed by atoms with Crippen molar-refractivity contribution in [2.75, 3.05) is 7.05 Å². The molecule has 1 rings (SSSR count). The van der Waals surface area contributed by atoms with Crippen LogP contribution in [0.3, 0.4) is 0 Å². The summed E-state index contributed by atoms with van der Waals surface area (Å²) in [6, 6.07) is 3.46. The standard InChI is InChI=1S/C8H9ClN4O2/c1-12(6-11-13(14)15)5-7-2-3-8(9)10-4-7/h2-4,6H,5H2,1H3/b11-6+. The van der Waals surface area contributed by atoms with Gasteiger partial charge in [0.2, 0.25) is 0 Å². The molecule has 0 aliphatic heterocycles. The number of nitro groups is 1. The molecule has 0 aliphatic rings. The molecule has 1 heterocycles. The van der Waals surface area contributed by atoms with E-state index in [1.165, 1.54) is 0 Å². The van der Waals surface area contributed by atoms with Crippen molar-refractivity contribution in [1.29, 1.82) is 0 Å². The fourth-order valence-electron chi connectivity index (χ4n) is 0.959. The topological polar surface area (TPSA) is 71.6 Å². The SMILES string of the molecule is CN(/C=N/[N+](=O)[O-])Cc1ccc(Cl)nc1. The minimum atomic E-state index is -0.753. The van der Waals surface area contributed by atoms with E-state index in [9.17, 15) is 10.1 Å². The van der Waals surface area contributed by atoms with Crippen LogP contribution < -0.4 is 0 Å². The van der Waals surface area contributed by atoms with Crippen LogP contribution in [0.5, 0.6) is 0 Å². The minimum absolute atomic E-state index is 0.417. The molecule has 0 aromatic carbocycles. The molecule has 0 saturated heterocycles. The second-order valence-electron chi connectivity index (χ2n) is 2.87. The molecule has 1 aromatic heterocycles. The summed E-state index contributed by atoms with van der Waals surface area (Å²) >= 11 is 5.61. The van der Waals surface area contributed by atoms with Crippen molar-refractivity contribution in [2.24, 2.45) is 5.10 Å². The number of hydrogen-bond acceptors (Lipinski definition) is 3. The Balaban J connectivity index is 2.54. The zero-order valence-electron chi connectivity index (χ0n) is 8.00. The van der Waals surface area contributed by atoms with Gasteiger partial charge in [-0.1, -0.05) is 17.7 Å². The average Bonchev–Trinajstić information content (AvgIpc) is 2.19. The zero-order chi connectivity index (χ0) is 11.3. The highest BCUT2D eigenvalue weighted by molar-refractivity contribution is 6.29. The first-order valence-corrected chi connectivity index (χ1v) is 4.45. The van der Waals surface area contributed by atoms with Gasteiger partial charge in [-0.15, -0.1) is 0 Å². The van der Waals surface area contributed by atoms with Gasteiger partial charge in [0.15, 0.2) is 11.4 Å². The summed E-state index contributed by atoms with van der Waals surface area (Å²) < 4.78 is 0. The Morgan fingerprint density at radius 2 is 2.47 bits per heavy atom. The van der Waals surface area contributed by atoms with Crippen molar-refractivity contribution in [2.45, 2.75) is 6.54 Å². The zero-order valence-corrected chi connectivity index (χ0v) is 8.76. The van der Waals surface area contributed by atoms with E-state index in [4.69, 9.17) is 11.6 Å². The Morgan fingerprint density at radius 1 is 1.73 bits per heavy atom. The Labute approximate surface area is 91.3 Å². The van der Waals surface area contributed by atoms with E-state index in [0.717, 1.165) is 11.9 Å². The summed E-state index contributed by atoms with van der Waals surface area (Å²) in [4.78, 5) is 15.4. The number of nitrogens with zero attached hydrogens (tertiary/aromatic N) is 4. The van der Waals surface area contributed by atoms with Crippen molar-refractivity contribution in [3.05, 3.63) is 39.2 Å². The van der Waals surface area contributed by atoms with Crippen molar-refractivity contribution < 1.29 is 5.03 Å². The predicted molar refractivity (Wildman–Crippen MR) is 56.2 cm³/mol. The third-order valence-corrected chi connectivity index (χ3v) is 1.79. The van der Waals surface area contributed by atoms with Crippen LogP contribution in [-0.2, 0) is 6.54 Å². The van der Waals surface area contributed by atoms with Crippen LogP contribution in [0, 0.1) is 10.1 Å². The highest BCUT2D eigenvalue weighted by Gasteiger charge is 1.98. The van der Waals surface area contributed by atoms with Crippen molar-refractivity contribution in [3.63, 3.8) is 0 Å². The first kappa shape index (κ1) is 11.4. The van der Waals surface area contributed by atoms with E-state index in [-0.39, 0.29) is 0 Å². The van der Waals surface area contributed by atoms with E-state index < -0.39 is 5.03 Å². The molecule has 0 fully saturated rings. The smallest absolute Gasteiger partial charge is 0.192 e. The molecule has 0 saturated carbocycles. The Kier molecular flexibility index (Phi) is 3.99. The Morgan fingerprint density at radius 3 is 3.00 bits per heavy atom. The summed E-state index contributed by atoms with van der Waals surface area (Å²) in [6.45, 7) is 0.488. The van der Waals surface area contributed by atoms with Gasteiger partial charge in [-0.25, -0.2) is 15.1 Å². The van der Waals surface area contributed by atoms with Crippen molar-refractivity contribution in [3.8, 4) is 0 Å². The van der Waals surface area contributed by atoms with Crippen LogP contribution in [0.2, 0.25) is 5.15 Å². The van der Waals surface area contributed by atoms with Crippen LogP contribution in [0.15, 0.2) is 23.4 Å². The molecule has 0 N–H and O–H groups in total. The lowest BCUT2D eigenvalue weighted by Crippen LogP contribution is -2.16. The van der Waals surface area contributed by atoms with Gasteiger partial charge in [0.05, 0.1) is 5.10 Å². The van der Waals surface area contributed by atoms with Gasteiger partial charge in [-0.3, -0.25) is 0 Å². The largest absolute Gasteiger partial charge is 0.356 e. The van der Waals surface area contributed by atoms with Gasteiger partial charge >= 0.3 is 0 Å². The first-order chi connectivity index (χ1) is 7.08. The predicted octanol–water partition coefficient (Wildman–Crippen LogP) is 1.39. The second-order valence-corrected chi connectivity index (χ2v) is 3.26. The van der Waals surface area contributed by atoms with Gasteiger partial charge < -0.3 is 4.90 Å². The summed E-state index contributed by atoms with van der Waals surface area (Å²) in [6.07, 6.45) is 2.76. The molecular weight excluding hydrogens is 220 g/mol. The fraction of sp³-hybridized carbons (Fsp3) is 0.250. The molecule has 0 spiro atoms. The molecule has 0 unspecified atom stereocenters. The molecular formula is C8H9ClN4O2. The van der Waals surface area contributed by atoms with Gasteiger partial charge in [-0.2, -0.15) is 0 Å². The normalized spacial score (nSPS) is 10.5. The quantitative estimate of drug-likeness (QED) is 0.257. The Hall–Kier alpha value is -1.69. The highest BCUT2D eigenvalue weighted by Crippen LogP contribution is 2.06. The van der Waals surface area contributed by atoms with Crippen LogP contribution in [0.25, 0.3) is 0 Å². The molecule has 1 aromatic rings. The average molecular weight is 229 g/mol. The maximum Gasteiger partial charge on any atom is 0.192 e. The summed E-state index contributed by atoms with van der Waals surface area (Å²) in [7, 11) is 1.68. The highest BCUT2D eigenvalue weighted by atomic mass is 35.5. The van der Waals surface area contributed by atoms with Crippen molar-refractivity contribution >= 4 is 17.9 Å². The third kappa shape index (κ3) is 4.37. The molecule has 0 aliphatic carbocycles. The lowest BCUT2D eigenvalue weighted by molar-refractivity contribution is -0.484. The fourth-order valence-corrected chi connectivity index (χ4v) is 1.07. The number of aromatic nitrogens is 1. The molecule has 80 valence electrons. The third-order valence-electron chi connectivity index (χ3n) is 1.56. The molecule has 0 bridgehead atoms. The van der Waals surface area contributed by atoms with E-state index in [1.807, 2.05) is 0 Å². The Bertz CT molecular complexity index is 365. The lowest BCUT2D eigenvalue weighted by Gasteiger charge is -2.10. The number of hydrazone groups is 1. The van der Waals surface area contributed by atoms with Gasteiger partial charge in [0, 0.05) is 19.8 Å². The molecule has 6 nitrogen and oxygen atoms in total.